The highest BCUT2D eigenvalue weighted by Crippen LogP contribution is 2.25. The Morgan fingerprint density at radius 1 is 1.12 bits per heavy atom. The van der Waals surface area contributed by atoms with Gasteiger partial charge in [0.2, 0.25) is 5.91 Å². The number of aliphatic hydroxyl groups is 1. The fraction of sp³-hybridized carbons (Fsp3) is 0.500. The minimum atomic E-state index is -0.977. The lowest BCUT2D eigenvalue weighted by Gasteiger charge is -2.16. The third-order valence-corrected chi connectivity index (χ3v) is 4.17. The number of aliphatic hydroxyl groups excluding tert-OH is 1. The van der Waals surface area contributed by atoms with Crippen LogP contribution in [0.25, 0.3) is 0 Å². The molecule has 7 heteroatoms. The summed E-state index contributed by atoms with van der Waals surface area (Å²) < 4.78 is 5.18. The molecule has 1 unspecified atom stereocenters. The summed E-state index contributed by atoms with van der Waals surface area (Å²) in [6.45, 7) is 0.654. The van der Waals surface area contributed by atoms with Gasteiger partial charge in [0.25, 0.3) is 0 Å². The molecule has 1 aliphatic rings. The number of hydrogen-bond donors (Lipinski definition) is 2. The Morgan fingerprint density at radius 2 is 1.80 bits per heavy atom. The maximum Gasteiger partial charge on any atom is 0.338 e. The largest absolute Gasteiger partial charge is 0.481 e. The van der Waals surface area contributed by atoms with Crippen LogP contribution in [0.4, 0.5) is 5.69 Å². The molecule has 1 aromatic rings. The van der Waals surface area contributed by atoms with Crippen molar-refractivity contribution in [1.82, 2.24) is 0 Å². The quantitative estimate of drug-likeness (QED) is 0.521. The molecule has 1 heterocycles. The van der Waals surface area contributed by atoms with E-state index in [-0.39, 0.29) is 25.5 Å². The van der Waals surface area contributed by atoms with E-state index >= 15 is 0 Å². The summed E-state index contributed by atoms with van der Waals surface area (Å²) in [6, 6.07) is 6.40. The fourth-order valence-electron chi connectivity index (χ4n) is 2.72. The van der Waals surface area contributed by atoms with Gasteiger partial charge in [-0.05, 0) is 43.5 Å². The van der Waals surface area contributed by atoms with Gasteiger partial charge in [-0.3, -0.25) is 9.59 Å². The van der Waals surface area contributed by atoms with Gasteiger partial charge in [0, 0.05) is 25.3 Å². The predicted molar refractivity (Wildman–Crippen MR) is 90.4 cm³/mol. The molecule has 7 nitrogen and oxygen atoms in total. The molecule has 0 radical (unpaired) electrons. The van der Waals surface area contributed by atoms with Crippen molar-refractivity contribution < 1.29 is 29.3 Å². The van der Waals surface area contributed by atoms with Crippen LogP contribution in [0.2, 0.25) is 0 Å². The van der Waals surface area contributed by atoms with Crippen molar-refractivity contribution in [3.8, 4) is 0 Å². The van der Waals surface area contributed by atoms with Crippen molar-refractivity contribution in [3.63, 3.8) is 0 Å². The SMILES string of the molecule is O=C(OCCCCCCO)c1ccc(N2CC(C(=O)O)CC2=O)cc1. The number of carboxylic acid groups (broad SMARTS) is 1. The van der Waals surface area contributed by atoms with Gasteiger partial charge in [0.05, 0.1) is 18.1 Å². The van der Waals surface area contributed by atoms with Crippen LogP contribution in [0.5, 0.6) is 0 Å². The molecule has 1 fully saturated rings. The smallest absolute Gasteiger partial charge is 0.338 e. The summed E-state index contributed by atoms with van der Waals surface area (Å²) in [4.78, 5) is 36.3. The summed E-state index contributed by atoms with van der Waals surface area (Å²) in [5, 5.41) is 17.7. The van der Waals surface area contributed by atoms with Crippen molar-refractivity contribution in [2.75, 3.05) is 24.7 Å². The average molecular weight is 349 g/mol. The summed E-state index contributed by atoms with van der Waals surface area (Å²) in [7, 11) is 0. The number of rotatable bonds is 9. The van der Waals surface area contributed by atoms with Crippen LogP contribution in [0.1, 0.15) is 42.5 Å². The van der Waals surface area contributed by atoms with E-state index in [1.165, 1.54) is 4.90 Å². The van der Waals surface area contributed by atoms with Gasteiger partial charge in [0.15, 0.2) is 0 Å². The number of amides is 1. The van der Waals surface area contributed by atoms with Gasteiger partial charge >= 0.3 is 11.9 Å². The molecule has 1 saturated heterocycles. The van der Waals surface area contributed by atoms with Crippen LogP contribution in [0.15, 0.2) is 24.3 Å². The lowest BCUT2D eigenvalue weighted by atomic mass is 10.1. The normalized spacial score (nSPS) is 16.9. The Bertz CT molecular complexity index is 612. The Morgan fingerprint density at radius 3 is 2.40 bits per heavy atom. The van der Waals surface area contributed by atoms with Crippen LogP contribution < -0.4 is 4.90 Å². The number of unbranched alkanes of at least 4 members (excludes halogenated alkanes) is 3. The maximum absolute atomic E-state index is 12.0. The Hall–Kier alpha value is -2.41. The van der Waals surface area contributed by atoms with E-state index in [4.69, 9.17) is 14.9 Å². The number of anilines is 1. The molecular weight excluding hydrogens is 326 g/mol. The summed E-state index contributed by atoms with van der Waals surface area (Å²) in [5.41, 5.74) is 0.967. The van der Waals surface area contributed by atoms with E-state index in [0.717, 1.165) is 25.7 Å². The molecule has 2 rings (SSSR count). The molecule has 0 aromatic heterocycles. The second-order valence-corrected chi connectivity index (χ2v) is 6.06. The Balaban J connectivity index is 1.84. The molecule has 25 heavy (non-hydrogen) atoms. The third-order valence-electron chi connectivity index (χ3n) is 4.17. The van der Waals surface area contributed by atoms with E-state index in [1.807, 2.05) is 0 Å². The van der Waals surface area contributed by atoms with Crippen molar-refractivity contribution in [2.24, 2.45) is 5.92 Å². The number of ether oxygens (including phenoxy) is 1. The van der Waals surface area contributed by atoms with Crippen molar-refractivity contribution >= 4 is 23.5 Å². The number of esters is 1. The molecule has 1 atom stereocenters. The monoisotopic (exact) mass is 349 g/mol. The molecule has 0 aliphatic carbocycles. The third kappa shape index (κ3) is 5.29. The zero-order valence-electron chi connectivity index (χ0n) is 14.0. The Kier molecular flexibility index (Phi) is 6.94. The first-order valence-corrected chi connectivity index (χ1v) is 8.44. The highest BCUT2D eigenvalue weighted by molar-refractivity contribution is 5.99. The number of carboxylic acids is 1. The standard InChI is InChI=1S/C18H23NO6/c20-9-3-1-2-4-10-25-18(24)13-5-7-15(8-6-13)19-12-14(17(22)23)11-16(19)21/h5-8,14,20H,1-4,9-12H2,(H,22,23). The lowest BCUT2D eigenvalue weighted by molar-refractivity contribution is -0.141. The highest BCUT2D eigenvalue weighted by Gasteiger charge is 2.35. The molecule has 1 amide bonds. The van der Waals surface area contributed by atoms with E-state index in [1.54, 1.807) is 24.3 Å². The van der Waals surface area contributed by atoms with Gasteiger partial charge in [-0.25, -0.2) is 4.79 Å². The van der Waals surface area contributed by atoms with Crippen molar-refractivity contribution in [1.29, 1.82) is 0 Å². The number of benzene rings is 1. The zero-order valence-corrected chi connectivity index (χ0v) is 14.0. The average Bonchev–Trinajstić information content (AvgIpc) is 3.00. The number of nitrogens with zero attached hydrogens (tertiary/aromatic N) is 1. The Labute approximate surface area is 146 Å². The molecule has 136 valence electrons. The number of aliphatic carboxylic acids is 1. The number of hydrogen-bond acceptors (Lipinski definition) is 5. The lowest BCUT2D eigenvalue weighted by Crippen LogP contribution is -2.25. The van der Waals surface area contributed by atoms with Gasteiger partial charge in [-0.15, -0.1) is 0 Å². The van der Waals surface area contributed by atoms with Crippen LogP contribution in [-0.4, -0.2) is 47.8 Å². The van der Waals surface area contributed by atoms with E-state index in [2.05, 4.69) is 0 Å². The van der Waals surface area contributed by atoms with Crippen LogP contribution in [0.3, 0.4) is 0 Å². The summed E-state index contributed by atoms with van der Waals surface area (Å²) in [5.74, 6) is -2.33. The van der Waals surface area contributed by atoms with Gasteiger partial charge in [-0.1, -0.05) is 6.42 Å². The number of carbonyl (C=O) groups is 3. The molecular formula is C18H23NO6. The molecule has 1 aromatic carbocycles. The first-order chi connectivity index (χ1) is 12.0. The van der Waals surface area contributed by atoms with Gasteiger partial charge in [-0.2, -0.15) is 0 Å². The van der Waals surface area contributed by atoms with Crippen molar-refractivity contribution in [2.45, 2.75) is 32.1 Å². The zero-order chi connectivity index (χ0) is 18.2. The van der Waals surface area contributed by atoms with Crippen LogP contribution >= 0.6 is 0 Å². The predicted octanol–water partition coefficient (Wildman–Crippen LogP) is 1.83. The summed E-state index contributed by atoms with van der Waals surface area (Å²) >= 11 is 0. The fourth-order valence-corrected chi connectivity index (χ4v) is 2.72. The maximum atomic E-state index is 12.0. The van der Waals surface area contributed by atoms with E-state index < -0.39 is 17.9 Å². The van der Waals surface area contributed by atoms with E-state index in [0.29, 0.717) is 17.9 Å². The van der Waals surface area contributed by atoms with Gasteiger partial charge in [0.1, 0.15) is 0 Å². The molecule has 0 spiro atoms. The van der Waals surface area contributed by atoms with Crippen LogP contribution in [-0.2, 0) is 14.3 Å². The molecule has 0 bridgehead atoms. The first kappa shape index (κ1) is 18.9. The minimum absolute atomic E-state index is 0.00456. The molecule has 0 saturated carbocycles. The second kappa shape index (κ2) is 9.17. The van der Waals surface area contributed by atoms with Crippen LogP contribution in [0, 0.1) is 5.92 Å². The minimum Gasteiger partial charge on any atom is -0.481 e. The van der Waals surface area contributed by atoms with E-state index in [9.17, 15) is 14.4 Å². The first-order valence-electron chi connectivity index (χ1n) is 8.44. The van der Waals surface area contributed by atoms with Crippen molar-refractivity contribution in [3.05, 3.63) is 29.8 Å². The number of carbonyl (C=O) groups excluding carboxylic acids is 2. The summed E-state index contributed by atoms with van der Waals surface area (Å²) in [6.07, 6.45) is 3.31. The molecule has 1 aliphatic heterocycles. The highest BCUT2D eigenvalue weighted by atomic mass is 16.5. The molecule has 2 N–H and O–H groups in total. The topological polar surface area (TPSA) is 104 Å². The second-order valence-electron chi connectivity index (χ2n) is 6.06. The van der Waals surface area contributed by atoms with Gasteiger partial charge < -0.3 is 19.8 Å².